The van der Waals surface area contributed by atoms with Gasteiger partial charge in [-0.1, -0.05) is 111 Å². The van der Waals surface area contributed by atoms with Gasteiger partial charge in [-0.25, -0.2) is 4.79 Å². The average Bonchev–Trinajstić information content (AvgIpc) is 1.79. The lowest BCUT2D eigenvalue weighted by molar-refractivity contribution is -0.196. The lowest BCUT2D eigenvalue weighted by atomic mass is 9.89. The second-order valence-corrected chi connectivity index (χ2v) is 28.4. The van der Waals surface area contributed by atoms with Crippen LogP contribution in [0.3, 0.4) is 0 Å². The van der Waals surface area contributed by atoms with Gasteiger partial charge in [-0.3, -0.25) is 53.0 Å². The van der Waals surface area contributed by atoms with Gasteiger partial charge >= 0.3 is 28.7 Å². The molecule has 0 aliphatic carbocycles. The zero-order valence-corrected chi connectivity index (χ0v) is 62.9. The first-order valence-electron chi connectivity index (χ1n) is 34.9. The van der Waals surface area contributed by atoms with Crippen molar-refractivity contribution < 1.29 is 70.6 Å². The number of amides is 11. The number of likely N-dealkylation sites (N-methyl/N-ethyl adjacent to an activating group) is 2. The van der Waals surface area contributed by atoms with Crippen molar-refractivity contribution in [3.8, 4) is 0 Å². The maximum Gasteiger partial charge on any atom is 0.404 e. The monoisotopic (exact) mass is 1410 g/mol. The van der Waals surface area contributed by atoms with Crippen molar-refractivity contribution in [2.24, 2.45) is 41.2 Å². The van der Waals surface area contributed by atoms with Gasteiger partial charge in [-0.05, 0) is 125 Å². The van der Waals surface area contributed by atoms with E-state index < -0.39 is 114 Å². The lowest BCUT2D eigenvalue weighted by Gasteiger charge is -2.41. The number of benzene rings is 2. The van der Waals surface area contributed by atoms with Crippen molar-refractivity contribution in [1.29, 1.82) is 0 Å². The Hall–Kier alpha value is -6.90. The van der Waals surface area contributed by atoms with Crippen LogP contribution >= 0.6 is 0 Å². The molecule has 2 fully saturated rings. The van der Waals surface area contributed by atoms with E-state index in [2.05, 4.69) is 41.5 Å². The molecule has 2 unspecified atom stereocenters. The van der Waals surface area contributed by atoms with Gasteiger partial charge in [-0.2, -0.15) is 13.2 Å². The smallest absolute Gasteiger partial charge is 0.404 e. The van der Waals surface area contributed by atoms with Crippen LogP contribution in [0, 0.1) is 35.5 Å². The first-order chi connectivity index (χ1) is 46.7. The number of carbonyl (C=O) groups excluding carboxylic acids is 10. The third-order valence-corrected chi connectivity index (χ3v) is 19.7. The maximum atomic E-state index is 14.6. The summed E-state index contributed by atoms with van der Waals surface area (Å²) in [6.45, 7) is 17.4. The summed E-state index contributed by atoms with van der Waals surface area (Å²) in [4.78, 5) is 142. The molecule has 11 amide bonds. The second kappa shape index (κ2) is 41.1. The Morgan fingerprint density at radius 1 is 0.717 bits per heavy atom. The Morgan fingerprint density at radius 3 is 1.94 bits per heavy atom. The minimum atomic E-state index is -4.57. The number of rotatable bonds is 39. The largest absolute Gasteiger partial charge is 0.452 e. The van der Waals surface area contributed by atoms with Crippen LogP contribution in [0.15, 0.2) is 54.6 Å². The number of piperidine rings is 1. The van der Waals surface area contributed by atoms with E-state index in [0.29, 0.717) is 60.0 Å². The van der Waals surface area contributed by atoms with Crippen LogP contribution in [0.25, 0.3) is 0 Å². The molecule has 2 aliphatic rings. The van der Waals surface area contributed by atoms with Crippen molar-refractivity contribution in [2.75, 3.05) is 66.9 Å². The van der Waals surface area contributed by atoms with Crippen molar-refractivity contribution in [3.63, 3.8) is 0 Å². The van der Waals surface area contributed by atoms with E-state index in [0.717, 1.165) is 5.56 Å². The molecule has 0 saturated carbocycles. The fourth-order valence-electron chi connectivity index (χ4n) is 13.6. The molecule has 2 heterocycles. The van der Waals surface area contributed by atoms with Gasteiger partial charge in [0.15, 0.2) is 5.91 Å². The van der Waals surface area contributed by atoms with Crippen molar-refractivity contribution >= 4 is 81.4 Å². The highest BCUT2D eigenvalue weighted by molar-refractivity contribution is 6.14. The number of hydrogen-bond donors (Lipinski definition) is 9. The lowest BCUT2D eigenvalue weighted by Crippen LogP contribution is -2.59. The minimum Gasteiger partial charge on any atom is -0.452 e. The predicted octanol–water partition coefficient (Wildman–Crippen LogP) is 4.17. The molecule has 0 bridgehead atoms. The Balaban J connectivity index is 1.41. The van der Waals surface area contributed by atoms with E-state index >= 15 is 0 Å². The number of ether oxygens (including phenoxy) is 2. The number of halogens is 3. The van der Waals surface area contributed by atoms with E-state index in [1.807, 2.05) is 90.9 Å². The fourth-order valence-corrected chi connectivity index (χ4v) is 14.0. The standard InChI is InChI=1S/C70H112F3N13O12.Al.2H/c1-15-44(8)61(84(12)68(95)59(42(4)5)82-67(94)60(43(6)7)83(10)11)53(97-13)39-57(89)86-34-20-25-52(86)62(98-14)45(9)64(91)79-50(36-46-22-17-16-18-23-46)38-56(88)77-40-47-27-29-49(30-28-47)78-65(92)51(24-19-32-76-69(75)96)80-66(93)58(41(2)3)81-55(87)26-21-33-85-35-31-48(63(74)90)37-54(85)70(71,72)73;;;/h16-18,22-23,27-30,41-45,48,50-54,58-62H,15,19-21,24-26,31-40H2,1-14H3,(H11,74,75,76,77,78,79,80,81,82,87,88,90,91,92,93,94,96);;;/q;+1;;/p-1/t44-,45+,48?,50-,51-,52-,53+,54?,58-,59-,60-,61-,62+;;;/m0.../s1. The number of likely N-dealkylation sites (tertiary alicyclic amines) is 2. The summed E-state index contributed by atoms with van der Waals surface area (Å²) < 4.78 is 57.0. The van der Waals surface area contributed by atoms with E-state index in [-0.39, 0.29) is 125 Å². The third kappa shape index (κ3) is 26.2. The summed E-state index contributed by atoms with van der Waals surface area (Å²) in [5.74, 6) is -6.13. The summed E-state index contributed by atoms with van der Waals surface area (Å²) in [6.07, 6.45) is -3.98. The van der Waals surface area contributed by atoms with Crippen LogP contribution < -0.4 is 47.3 Å². The van der Waals surface area contributed by atoms with Gasteiger partial charge in [0.1, 0.15) is 24.2 Å². The normalized spacial score (nSPS) is 18.9. The zero-order valence-electron chi connectivity index (χ0n) is 60.9. The molecule has 10 N–H and O–H groups in total. The second-order valence-electron chi connectivity index (χ2n) is 27.9. The van der Waals surface area contributed by atoms with Crippen LogP contribution in [0.2, 0.25) is 0 Å². The molecule has 2 aromatic rings. The van der Waals surface area contributed by atoms with Gasteiger partial charge in [0, 0.05) is 71.4 Å². The number of anilines is 1. The first-order valence-corrected chi connectivity index (χ1v) is 35.9. The first kappa shape index (κ1) is 84.5. The Labute approximate surface area is 591 Å². The van der Waals surface area contributed by atoms with Crippen molar-refractivity contribution in [3.05, 3.63) is 65.7 Å². The molecule has 99 heavy (non-hydrogen) atoms. The number of primary amides is 1. The van der Waals surface area contributed by atoms with Gasteiger partial charge in [0.2, 0.25) is 47.3 Å². The number of nitrogens with zero attached hydrogens (tertiary/aromatic N) is 4. The highest BCUT2D eigenvalue weighted by Gasteiger charge is 2.48. The number of carbonyl (C=O) groups is 10. The van der Waals surface area contributed by atoms with Gasteiger partial charge in [0.25, 0.3) is 0 Å². The Bertz CT molecular complexity index is 2940. The molecule has 25 nitrogen and oxygen atoms in total. The molecule has 0 radical (unpaired) electrons. The molecule has 2 aliphatic heterocycles. The van der Waals surface area contributed by atoms with Crippen LogP contribution in [0.4, 0.5) is 23.7 Å². The number of methoxy groups -OCH3 is 2. The maximum absolute atomic E-state index is 14.6. The van der Waals surface area contributed by atoms with E-state index in [4.69, 9.17) is 15.2 Å². The fraction of sp³-hybridized carbons (Fsp3) is 0.686. The molecule has 4 rings (SSSR count). The third-order valence-electron chi connectivity index (χ3n) is 19.2. The van der Waals surface area contributed by atoms with E-state index in [9.17, 15) is 61.1 Å². The molecule has 554 valence electrons. The van der Waals surface area contributed by atoms with Crippen molar-refractivity contribution in [1.82, 2.24) is 55.8 Å². The summed E-state index contributed by atoms with van der Waals surface area (Å²) in [5.41, 5.74) is 7.14. The van der Waals surface area contributed by atoms with E-state index in [1.54, 1.807) is 61.9 Å². The molecule has 13 atom stereocenters. The Morgan fingerprint density at radius 2 is 1.37 bits per heavy atom. The summed E-state index contributed by atoms with van der Waals surface area (Å²) in [5, 5.41) is 19.7. The number of nitrogens with two attached hydrogens (primary N) is 1. The SMILES string of the molecule is CC[C@H](C)[C@@H]([C@@H](CC(=O)N1CCC[C@H]1[C@H](OC)[C@@H](C)C(=O)N[C@H](CC(=O)NCc1ccc(NC(=O)[C@H](CCCNC(N)=O)NC(=O)[C@@H](NC(=O)CCCN2CCC(C(=O)[NH][AlH2])CC2C(F)(F)F)C(C)C)cc1)Cc1ccccc1)OC)N(C)C(=O)[C@@H](NC(=O)[C@H](C(C)C)N(C)C)C(C)C. The summed E-state index contributed by atoms with van der Waals surface area (Å²) >= 11 is 0.324. The highest BCUT2D eigenvalue weighted by atomic mass is 27.1. The zero-order chi connectivity index (χ0) is 74.0. The van der Waals surface area contributed by atoms with Crippen LogP contribution in [-0.2, 0) is 65.6 Å². The number of nitrogens with one attached hydrogen (secondary N) is 8. The molecular formula is C70H113AlF3N13O12. The van der Waals surface area contributed by atoms with E-state index in [1.165, 1.54) is 19.1 Å². The van der Waals surface area contributed by atoms with Crippen LogP contribution in [0.5, 0.6) is 0 Å². The van der Waals surface area contributed by atoms with Gasteiger partial charge in [0.05, 0.1) is 42.7 Å². The minimum absolute atomic E-state index is 0.00932. The Kier molecular flexibility index (Phi) is 35.1. The van der Waals surface area contributed by atoms with Crippen LogP contribution in [0.1, 0.15) is 144 Å². The molecular weight excluding hydrogens is 1300 g/mol. The molecule has 29 heteroatoms. The summed E-state index contributed by atoms with van der Waals surface area (Å²) in [6, 6.07) is 8.12. The molecule has 0 spiro atoms. The van der Waals surface area contributed by atoms with Gasteiger partial charge in [-0.15, -0.1) is 0 Å². The highest BCUT2D eigenvalue weighted by Crippen LogP contribution is 2.35. The predicted molar refractivity (Wildman–Crippen MR) is 374 cm³/mol. The van der Waals surface area contributed by atoms with Gasteiger partial charge < -0.3 is 66.5 Å². The van der Waals surface area contributed by atoms with Crippen LogP contribution in [-0.4, -0.2) is 224 Å². The molecule has 0 aromatic heterocycles. The quantitative estimate of drug-likeness (QED) is 0.0335. The number of urea groups is 1. The topological polar surface area (TPSA) is 324 Å². The van der Waals surface area contributed by atoms with Crippen molar-refractivity contribution in [2.45, 2.75) is 213 Å². The number of hydrogen-bond acceptors (Lipinski definition) is 14. The number of alkyl halides is 3. The summed E-state index contributed by atoms with van der Waals surface area (Å²) in [7, 11) is 8.40. The molecule has 2 aromatic carbocycles. The molecule has 2 saturated heterocycles. The average molecular weight is 1410 g/mol.